The Balaban J connectivity index is 1.80. The summed E-state index contributed by atoms with van der Waals surface area (Å²) < 4.78 is 5.14. The fourth-order valence-corrected chi connectivity index (χ4v) is 2.05. The molecule has 1 saturated heterocycles. The van der Waals surface area contributed by atoms with Crippen molar-refractivity contribution < 1.29 is 9.32 Å². The Kier molecular flexibility index (Phi) is 5.08. The highest BCUT2D eigenvalue weighted by molar-refractivity contribution is 5.90. The third-order valence-corrected chi connectivity index (χ3v) is 3.63. The van der Waals surface area contributed by atoms with Gasteiger partial charge in [0, 0.05) is 19.1 Å². The van der Waals surface area contributed by atoms with E-state index in [9.17, 15) is 4.79 Å². The fraction of sp³-hybridized carbons (Fsp3) is 0.769. The second-order valence-electron chi connectivity index (χ2n) is 5.44. The number of carbonyl (C=O) groups is 1. The average Bonchev–Trinajstić information content (AvgIpc) is 3.08. The van der Waals surface area contributed by atoms with Crippen LogP contribution in [-0.2, 0) is 0 Å². The van der Waals surface area contributed by atoms with Crippen molar-refractivity contribution in [2.24, 2.45) is 0 Å². The van der Waals surface area contributed by atoms with Gasteiger partial charge in [0.05, 0.1) is 6.04 Å². The molecule has 1 aliphatic rings. The van der Waals surface area contributed by atoms with Crippen LogP contribution in [0.15, 0.2) is 4.52 Å². The van der Waals surface area contributed by atoms with Gasteiger partial charge < -0.3 is 20.1 Å². The molecular weight excluding hydrogens is 258 g/mol. The smallest absolute Gasteiger partial charge is 0.292 e. The minimum Gasteiger partial charge on any atom is -0.348 e. The fourth-order valence-electron chi connectivity index (χ4n) is 2.05. The number of likely N-dealkylation sites (N-methyl/N-ethyl adjacent to an activating group) is 1. The molecule has 0 bridgehead atoms. The van der Waals surface area contributed by atoms with E-state index in [1.54, 1.807) is 0 Å². The topological polar surface area (TPSA) is 83.3 Å². The lowest BCUT2D eigenvalue weighted by atomic mass is 10.2. The summed E-state index contributed by atoms with van der Waals surface area (Å²) in [5.74, 6) is 0.336. The number of nitrogens with one attached hydrogen (secondary N) is 2. The van der Waals surface area contributed by atoms with Gasteiger partial charge in [0.1, 0.15) is 0 Å². The van der Waals surface area contributed by atoms with Gasteiger partial charge in [-0.2, -0.15) is 4.98 Å². The van der Waals surface area contributed by atoms with E-state index in [-0.39, 0.29) is 17.8 Å². The molecule has 2 heterocycles. The normalized spacial score (nSPS) is 18.9. The predicted octanol–water partition coefficient (Wildman–Crippen LogP) is 0.564. The van der Waals surface area contributed by atoms with Crippen LogP contribution in [0.1, 0.15) is 49.2 Å². The number of hydrogen-bond acceptors (Lipinski definition) is 6. The Labute approximate surface area is 119 Å². The summed E-state index contributed by atoms with van der Waals surface area (Å²) in [7, 11) is 2.02. The van der Waals surface area contributed by atoms with Gasteiger partial charge in [-0.1, -0.05) is 5.16 Å². The zero-order valence-electron chi connectivity index (χ0n) is 12.3. The van der Waals surface area contributed by atoms with Crippen LogP contribution in [0.2, 0.25) is 0 Å². The molecule has 0 saturated carbocycles. The summed E-state index contributed by atoms with van der Waals surface area (Å²) in [5, 5.41) is 9.81. The largest absolute Gasteiger partial charge is 0.348 e. The number of rotatable bonds is 6. The van der Waals surface area contributed by atoms with Crippen molar-refractivity contribution in [2.75, 3.05) is 26.7 Å². The molecule has 0 aromatic carbocycles. The third kappa shape index (κ3) is 3.77. The van der Waals surface area contributed by atoms with E-state index in [0.717, 1.165) is 25.9 Å². The molecule has 2 rings (SSSR count). The van der Waals surface area contributed by atoms with Crippen molar-refractivity contribution in [3.8, 4) is 0 Å². The first kappa shape index (κ1) is 14.9. The molecule has 0 radical (unpaired) electrons. The lowest BCUT2D eigenvalue weighted by Gasteiger charge is -2.20. The van der Waals surface area contributed by atoms with E-state index in [1.807, 2.05) is 7.05 Å². The first-order valence-electron chi connectivity index (χ1n) is 7.13. The molecule has 1 unspecified atom stereocenters. The van der Waals surface area contributed by atoms with Crippen molar-refractivity contribution in [3.05, 3.63) is 11.7 Å². The van der Waals surface area contributed by atoms with Gasteiger partial charge in [-0.05, 0) is 40.3 Å². The maximum atomic E-state index is 11.9. The summed E-state index contributed by atoms with van der Waals surface area (Å²) in [6, 6.07) is 0.549. The van der Waals surface area contributed by atoms with E-state index in [2.05, 4.69) is 39.5 Å². The molecule has 1 atom stereocenters. The molecule has 1 amide bonds. The quantitative estimate of drug-likeness (QED) is 0.793. The summed E-state index contributed by atoms with van der Waals surface area (Å²) >= 11 is 0. The highest BCUT2D eigenvalue weighted by atomic mass is 16.5. The molecule has 0 spiro atoms. The van der Waals surface area contributed by atoms with Crippen LogP contribution in [0, 0.1) is 0 Å². The summed E-state index contributed by atoms with van der Waals surface area (Å²) in [4.78, 5) is 18.2. The standard InChI is InChI=1S/C13H23N5O2/c1-9(2)18(3)8-7-15-12(19)11-16-13(20-17-11)10-5-4-6-14-10/h9-10,14H,4-8H2,1-3H3,(H,15,19). The van der Waals surface area contributed by atoms with Crippen LogP contribution in [0.25, 0.3) is 0 Å². The Morgan fingerprint density at radius 3 is 3.05 bits per heavy atom. The Bertz CT molecular complexity index is 440. The van der Waals surface area contributed by atoms with E-state index in [1.165, 1.54) is 0 Å². The van der Waals surface area contributed by atoms with Crippen molar-refractivity contribution in [1.82, 2.24) is 25.7 Å². The molecule has 1 aromatic rings. The van der Waals surface area contributed by atoms with Crippen molar-refractivity contribution in [1.29, 1.82) is 0 Å². The molecule has 1 aromatic heterocycles. The van der Waals surface area contributed by atoms with Crippen LogP contribution < -0.4 is 10.6 Å². The minimum absolute atomic E-state index is 0.0936. The van der Waals surface area contributed by atoms with Crippen LogP contribution in [0.3, 0.4) is 0 Å². The monoisotopic (exact) mass is 281 g/mol. The highest BCUT2D eigenvalue weighted by Gasteiger charge is 2.24. The van der Waals surface area contributed by atoms with Crippen LogP contribution in [0.5, 0.6) is 0 Å². The molecule has 1 fully saturated rings. The second kappa shape index (κ2) is 6.81. The average molecular weight is 281 g/mol. The summed E-state index contributed by atoms with van der Waals surface area (Å²) in [5.41, 5.74) is 0. The second-order valence-corrected chi connectivity index (χ2v) is 5.44. The van der Waals surface area contributed by atoms with E-state index < -0.39 is 0 Å². The maximum absolute atomic E-state index is 11.9. The lowest BCUT2D eigenvalue weighted by Crippen LogP contribution is -2.36. The number of aromatic nitrogens is 2. The molecule has 7 nitrogen and oxygen atoms in total. The van der Waals surface area contributed by atoms with Gasteiger partial charge in [-0.15, -0.1) is 0 Å². The van der Waals surface area contributed by atoms with Crippen molar-refractivity contribution in [2.45, 2.75) is 38.8 Å². The van der Waals surface area contributed by atoms with E-state index in [0.29, 0.717) is 18.5 Å². The molecule has 112 valence electrons. The van der Waals surface area contributed by atoms with Gasteiger partial charge in [0.2, 0.25) is 5.89 Å². The van der Waals surface area contributed by atoms with Gasteiger partial charge >= 0.3 is 0 Å². The summed E-state index contributed by atoms with van der Waals surface area (Å²) in [6.07, 6.45) is 2.07. The molecule has 20 heavy (non-hydrogen) atoms. The molecule has 2 N–H and O–H groups in total. The van der Waals surface area contributed by atoms with Crippen molar-refractivity contribution >= 4 is 5.91 Å². The number of hydrogen-bond donors (Lipinski definition) is 2. The van der Waals surface area contributed by atoms with Gasteiger partial charge in [-0.25, -0.2) is 0 Å². The minimum atomic E-state index is -0.282. The Morgan fingerprint density at radius 1 is 1.60 bits per heavy atom. The molecule has 0 aliphatic carbocycles. The third-order valence-electron chi connectivity index (χ3n) is 3.63. The zero-order chi connectivity index (χ0) is 14.5. The summed E-state index contributed by atoms with van der Waals surface area (Å²) in [6.45, 7) is 6.54. The van der Waals surface area contributed by atoms with Crippen LogP contribution in [0.4, 0.5) is 0 Å². The highest BCUT2D eigenvalue weighted by Crippen LogP contribution is 2.20. The van der Waals surface area contributed by atoms with Crippen molar-refractivity contribution in [3.63, 3.8) is 0 Å². The first-order chi connectivity index (χ1) is 9.58. The molecular formula is C13H23N5O2. The molecule has 7 heteroatoms. The van der Waals surface area contributed by atoms with Gasteiger partial charge in [-0.3, -0.25) is 4.79 Å². The van der Waals surface area contributed by atoms with Gasteiger partial charge in [0.15, 0.2) is 0 Å². The number of carbonyl (C=O) groups excluding carboxylic acids is 1. The lowest BCUT2D eigenvalue weighted by molar-refractivity contribution is 0.0934. The maximum Gasteiger partial charge on any atom is 0.292 e. The Hall–Kier alpha value is -1.47. The van der Waals surface area contributed by atoms with E-state index in [4.69, 9.17) is 4.52 Å². The predicted molar refractivity (Wildman–Crippen MR) is 74.4 cm³/mol. The van der Waals surface area contributed by atoms with Crippen LogP contribution >= 0.6 is 0 Å². The number of nitrogens with zero attached hydrogens (tertiary/aromatic N) is 3. The SMILES string of the molecule is CC(C)N(C)CCNC(=O)c1noc(C2CCCN2)n1. The van der Waals surface area contributed by atoms with Crippen LogP contribution in [-0.4, -0.2) is 53.7 Å². The first-order valence-corrected chi connectivity index (χ1v) is 7.13. The molecule has 1 aliphatic heterocycles. The number of amides is 1. The van der Waals surface area contributed by atoms with Gasteiger partial charge in [0.25, 0.3) is 11.7 Å². The Morgan fingerprint density at radius 2 is 2.40 bits per heavy atom. The zero-order valence-corrected chi connectivity index (χ0v) is 12.3. The van der Waals surface area contributed by atoms with E-state index >= 15 is 0 Å².